The first-order chi connectivity index (χ1) is 18.7. The summed E-state index contributed by atoms with van der Waals surface area (Å²) < 4.78 is 20.5. The van der Waals surface area contributed by atoms with Crippen molar-refractivity contribution in [3.8, 4) is 5.75 Å². The van der Waals surface area contributed by atoms with E-state index in [0.717, 1.165) is 28.3 Å². The van der Waals surface area contributed by atoms with Gasteiger partial charge >= 0.3 is 6.03 Å². The Morgan fingerprint density at radius 2 is 1.77 bits per heavy atom. The Balaban J connectivity index is 1.24. The number of ether oxygens (including phenoxy) is 1. The number of rotatable bonds is 6. The maximum atomic E-state index is 15.3. The van der Waals surface area contributed by atoms with Crippen LogP contribution >= 0.6 is 0 Å². The molecule has 204 valence electrons. The monoisotopic (exact) mass is 531 g/mol. The van der Waals surface area contributed by atoms with E-state index in [4.69, 9.17) is 4.74 Å². The molecule has 0 unspecified atom stereocenters. The Kier molecular flexibility index (Phi) is 7.41. The highest BCUT2D eigenvalue weighted by Crippen LogP contribution is 2.29. The van der Waals surface area contributed by atoms with Crippen molar-refractivity contribution in [3.05, 3.63) is 82.8 Å². The summed E-state index contributed by atoms with van der Waals surface area (Å²) in [5.41, 5.74) is 3.66. The number of anilines is 2. The summed E-state index contributed by atoms with van der Waals surface area (Å²) in [5.74, 6) is 0.722. The van der Waals surface area contributed by atoms with Crippen LogP contribution in [0.2, 0.25) is 0 Å². The van der Waals surface area contributed by atoms with Crippen LogP contribution in [-0.4, -0.2) is 72.6 Å². The molecule has 8 nitrogen and oxygen atoms in total. The third-order valence-electron chi connectivity index (χ3n) is 7.45. The zero-order valence-corrected chi connectivity index (χ0v) is 22.9. The highest BCUT2D eigenvalue weighted by molar-refractivity contribution is 5.97. The molecule has 39 heavy (non-hydrogen) atoms. The molecule has 3 heterocycles. The number of carbonyl (C=O) groups excluding carboxylic acids is 2. The molecule has 3 aromatic rings. The van der Waals surface area contributed by atoms with Crippen LogP contribution in [0.1, 0.15) is 34.0 Å². The summed E-state index contributed by atoms with van der Waals surface area (Å²) in [6, 6.07) is 13.8. The molecule has 2 aliphatic heterocycles. The van der Waals surface area contributed by atoms with Crippen molar-refractivity contribution in [2.24, 2.45) is 0 Å². The largest absolute Gasteiger partial charge is 0.497 e. The van der Waals surface area contributed by atoms with Gasteiger partial charge in [0.2, 0.25) is 0 Å². The van der Waals surface area contributed by atoms with E-state index < -0.39 is 5.82 Å². The number of urea groups is 1. The lowest BCUT2D eigenvalue weighted by molar-refractivity contribution is 0.0742. The minimum Gasteiger partial charge on any atom is -0.497 e. The molecule has 2 saturated heterocycles. The van der Waals surface area contributed by atoms with E-state index in [1.54, 1.807) is 27.9 Å². The van der Waals surface area contributed by atoms with Crippen molar-refractivity contribution in [2.45, 2.75) is 33.4 Å². The van der Waals surface area contributed by atoms with Gasteiger partial charge in [0.25, 0.3) is 5.91 Å². The van der Waals surface area contributed by atoms with Crippen molar-refractivity contribution < 1.29 is 18.7 Å². The summed E-state index contributed by atoms with van der Waals surface area (Å²) >= 11 is 0. The molecule has 5 rings (SSSR count). The number of benzene rings is 2. The first-order valence-electron chi connectivity index (χ1n) is 13.2. The number of hydrogen-bond donors (Lipinski definition) is 0. The second kappa shape index (κ2) is 10.9. The molecular formula is C30H34FN5O3. The molecule has 2 aromatic carbocycles. The van der Waals surface area contributed by atoms with Crippen molar-refractivity contribution >= 4 is 23.4 Å². The van der Waals surface area contributed by atoms with Gasteiger partial charge in [-0.1, -0.05) is 18.2 Å². The molecule has 0 radical (unpaired) electrons. The molecule has 1 atom stereocenters. The zero-order chi connectivity index (χ0) is 27.7. The SMILES string of the molecule is COc1ccc(CN2C[C@@H](C)N(c3ccc(C(=O)N4CCN(c5ncc(C)cc5C)CC4)c(F)c3)C2=O)cc1. The fourth-order valence-electron chi connectivity index (χ4n) is 5.43. The lowest BCUT2D eigenvalue weighted by Gasteiger charge is -2.36. The van der Waals surface area contributed by atoms with E-state index in [1.807, 2.05) is 51.2 Å². The van der Waals surface area contributed by atoms with E-state index >= 15 is 4.39 Å². The fraction of sp³-hybridized carbons (Fsp3) is 0.367. The van der Waals surface area contributed by atoms with Gasteiger partial charge in [-0.05, 0) is 67.8 Å². The van der Waals surface area contributed by atoms with Gasteiger partial charge in [0, 0.05) is 51.2 Å². The Morgan fingerprint density at radius 1 is 1.05 bits per heavy atom. The number of amides is 3. The van der Waals surface area contributed by atoms with E-state index in [2.05, 4.69) is 16.0 Å². The molecule has 3 amide bonds. The number of aromatic nitrogens is 1. The van der Waals surface area contributed by atoms with Crippen molar-refractivity contribution in [2.75, 3.05) is 49.6 Å². The first-order valence-corrected chi connectivity index (χ1v) is 13.2. The van der Waals surface area contributed by atoms with Crippen LogP contribution in [-0.2, 0) is 6.54 Å². The van der Waals surface area contributed by atoms with Crippen LogP contribution in [0, 0.1) is 19.7 Å². The molecule has 0 N–H and O–H groups in total. The summed E-state index contributed by atoms with van der Waals surface area (Å²) in [7, 11) is 1.61. The maximum Gasteiger partial charge on any atom is 0.325 e. The van der Waals surface area contributed by atoms with Gasteiger partial charge < -0.3 is 19.4 Å². The number of aryl methyl sites for hydroxylation is 2. The topological polar surface area (TPSA) is 69.2 Å². The minimum absolute atomic E-state index is 0.0197. The molecule has 2 aliphatic rings. The molecule has 1 aromatic heterocycles. The summed E-state index contributed by atoms with van der Waals surface area (Å²) in [6.45, 7) is 9.19. The van der Waals surface area contributed by atoms with Crippen LogP contribution in [0.15, 0.2) is 54.7 Å². The fourth-order valence-corrected chi connectivity index (χ4v) is 5.43. The number of piperazine rings is 1. The smallest absolute Gasteiger partial charge is 0.325 e. The number of nitrogens with zero attached hydrogens (tertiary/aromatic N) is 5. The standard InChI is InChI=1S/C30H34FN5O3/c1-20-15-21(2)28(32-17-20)33-11-13-34(14-12-33)29(37)26-10-7-24(16-27(26)31)36-22(3)18-35(30(36)38)19-23-5-8-25(39-4)9-6-23/h5-10,15-17,22H,11-14,18-19H2,1-4H3/t22-/m1/s1. The molecule has 2 fully saturated rings. The molecule has 0 spiro atoms. The van der Waals surface area contributed by atoms with E-state index in [1.165, 1.54) is 12.1 Å². The van der Waals surface area contributed by atoms with Crippen molar-refractivity contribution in [3.63, 3.8) is 0 Å². The molecule has 0 aliphatic carbocycles. The number of carbonyl (C=O) groups is 2. The van der Waals surface area contributed by atoms with Gasteiger partial charge in [0.05, 0.1) is 18.7 Å². The maximum absolute atomic E-state index is 15.3. The predicted octanol–water partition coefficient (Wildman–Crippen LogP) is 4.64. The van der Waals surface area contributed by atoms with E-state index in [-0.39, 0.29) is 23.5 Å². The lowest BCUT2D eigenvalue weighted by atomic mass is 10.1. The van der Waals surface area contributed by atoms with Crippen LogP contribution in [0.25, 0.3) is 0 Å². The van der Waals surface area contributed by atoms with Crippen LogP contribution < -0.4 is 14.5 Å². The number of halogens is 1. The quantitative estimate of drug-likeness (QED) is 0.464. The summed E-state index contributed by atoms with van der Waals surface area (Å²) in [6.07, 6.45) is 1.85. The lowest BCUT2D eigenvalue weighted by Crippen LogP contribution is -2.49. The number of pyridine rings is 1. The summed E-state index contributed by atoms with van der Waals surface area (Å²) in [5, 5.41) is 0. The Hall–Kier alpha value is -4.14. The predicted molar refractivity (Wildman–Crippen MR) is 149 cm³/mol. The first kappa shape index (κ1) is 26.5. The van der Waals surface area contributed by atoms with E-state index in [9.17, 15) is 9.59 Å². The third-order valence-corrected chi connectivity index (χ3v) is 7.45. The normalized spacial score (nSPS) is 17.7. The van der Waals surface area contributed by atoms with Crippen LogP contribution in [0.5, 0.6) is 5.75 Å². The molecular weight excluding hydrogens is 497 g/mol. The molecule has 9 heteroatoms. The highest BCUT2D eigenvalue weighted by atomic mass is 19.1. The Labute approximate surface area is 228 Å². The molecule has 0 bridgehead atoms. The van der Waals surface area contributed by atoms with E-state index in [0.29, 0.717) is 45.0 Å². The minimum atomic E-state index is -0.621. The number of methoxy groups -OCH3 is 1. The van der Waals surface area contributed by atoms with Gasteiger partial charge in [-0.25, -0.2) is 14.2 Å². The second-order valence-corrected chi connectivity index (χ2v) is 10.3. The van der Waals surface area contributed by atoms with Gasteiger partial charge in [-0.15, -0.1) is 0 Å². The number of hydrogen-bond acceptors (Lipinski definition) is 5. The van der Waals surface area contributed by atoms with Gasteiger partial charge in [-0.3, -0.25) is 9.69 Å². The second-order valence-electron chi connectivity index (χ2n) is 10.3. The zero-order valence-electron chi connectivity index (χ0n) is 22.9. The Morgan fingerprint density at radius 3 is 2.41 bits per heavy atom. The van der Waals surface area contributed by atoms with Gasteiger partial charge in [-0.2, -0.15) is 0 Å². The summed E-state index contributed by atoms with van der Waals surface area (Å²) in [4.78, 5) is 38.2. The third kappa shape index (κ3) is 5.39. The average molecular weight is 532 g/mol. The van der Waals surface area contributed by atoms with Gasteiger partial charge in [0.15, 0.2) is 0 Å². The van der Waals surface area contributed by atoms with Crippen molar-refractivity contribution in [1.82, 2.24) is 14.8 Å². The van der Waals surface area contributed by atoms with Crippen LogP contribution in [0.3, 0.4) is 0 Å². The highest BCUT2D eigenvalue weighted by Gasteiger charge is 2.36. The van der Waals surface area contributed by atoms with Crippen LogP contribution in [0.4, 0.5) is 20.7 Å². The van der Waals surface area contributed by atoms with Gasteiger partial charge in [0.1, 0.15) is 17.4 Å². The Bertz CT molecular complexity index is 1370. The van der Waals surface area contributed by atoms with Crippen molar-refractivity contribution in [1.29, 1.82) is 0 Å². The average Bonchev–Trinajstić information content (AvgIpc) is 3.21. The molecule has 0 saturated carbocycles.